The number of rotatable bonds is 5. The van der Waals surface area contributed by atoms with E-state index in [1.54, 1.807) is 0 Å². The van der Waals surface area contributed by atoms with E-state index in [1.165, 1.54) is 5.56 Å². The molecule has 3 N–H and O–H groups in total. The smallest absolute Gasteiger partial charge is 0.237 e. The van der Waals surface area contributed by atoms with Crippen LogP contribution >= 0.6 is 0 Å². The van der Waals surface area contributed by atoms with Gasteiger partial charge in [-0.05, 0) is 38.2 Å². The van der Waals surface area contributed by atoms with E-state index in [0.717, 1.165) is 19.3 Å². The maximum atomic E-state index is 12.2. The summed E-state index contributed by atoms with van der Waals surface area (Å²) in [5.74, 6) is -0.0506. The SMILES string of the molecule is CC1(NC(=O)[C@@H](N)CCc2ccccc2)CCOCC1. The minimum absolute atomic E-state index is 0.0506. The largest absolute Gasteiger partial charge is 0.381 e. The van der Waals surface area contributed by atoms with Crippen molar-refractivity contribution in [2.45, 2.75) is 44.2 Å². The van der Waals surface area contributed by atoms with Gasteiger partial charge in [0.25, 0.3) is 0 Å². The molecule has 4 heteroatoms. The lowest BCUT2D eigenvalue weighted by Crippen LogP contribution is -2.54. The molecule has 0 spiro atoms. The fraction of sp³-hybridized carbons (Fsp3) is 0.562. The van der Waals surface area contributed by atoms with Crippen LogP contribution in [-0.4, -0.2) is 30.7 Å². The lowest BCUT2D eigenvalue weighted by Gasteiger charge is -2.35. The first-order valence-corrected chi connectivity index (χ1v) is 7.28. The van der Waals surface area contributed by atoms with E-state index >= 15 is 0 Å². The van der Waals surface area contributed by atoms with Crippen LogP contribution < -0.4 is 11.1 Å². The van der Waals surface area contributed by atoms with Gasteiger partial charge in [0.1, 0.15) is 0 Å². The molecule has 0 unspecified atom stereocenters. The van der Waals surface area contributed by atoms with E-state index in [4.69, 9.17) is 10.5 Å². The summed E-state index contributed by atoms with van der Waals surface area (Å²) in [7, 11) is 0. The Morgan fingerprint density at radius 3 is 2.65 bits per heavy atom. The molecule has 1 heterocycles. The number of aryl methyl sites for hydroxylation is 1. The molecular formula is C16H24N2O2. The Balaban J connectivity index is 1.79. The minimum Gasteiger partial charge on any atom is -0.381 e. The molecule has 1 atom stereocenters. The van der Waals surface area contributed by atoms with Gasteiger partial charge in [-0.1, -0.05) is 30.3 Å². The molecule has 1 saturated heterocycles. The van der Waals surface area contributed by atoms with Crippen LogP contribution in [0.3, 0.4) is 0 Å². The van der Waals surface area contributed by atoms with Gasteiger partial charge in [-0.15, -0.1) is 0 Å². The number of carbonyl (C=O) groups is 1. The number of carbonyl (C=O) groups excluding carboxylic acids is 1. The third-order valence-electron chi connectivity index (χ3n) is 3.94. The van der Waals surface area contributed by atoms with Crippen molar-refractivity contribution in [3.05, 3.63) is 35.9 Å². The zero-order valence-electron chi connectivity index (χ0n) is 12.1. The quantitative estimate of drug-likeness (QED) is 0.859. The van der Waals surface area contributed by atoms with Crippen LogP contribution in [0.2, 0.25) is 0 Å². The molecule has 1 aromatic carbocycles. The molecule has 1 aliphatic heterocycles. The van der Waals surface area contributed by atoms with Crippen LogP contribution in [0.1, 0.15) is 31.7 Å². The van der Waals surface area contributed by atoms with Gasteiger partial charge in [-0.3, -0.25) is 4.79 Å². The summed E-state index contributed by atoms with van der Waals surface area (Å²) < 4.78 is 5.33. The second kappa shape index (κ2) is 6.86. The normalized spacial score (nSPS) is 19.3. The molecule has 0 aromatic heterocycles. The Morgan fingerprint density at radius 2 is 2.00 bits per heavy atom. The second-order valence-corrected chi connectivity index (χ2v) is 5.79. The second-order valence-electron chi connectivity index (χ2n) is 5.79. The number of benzene rings is 1. The zero-order valence-corrected chi connectivity index (χ0v) is 12.1. The third kappa shape index (κ3) is 4.32. The molecule has 1 amide bonds. The van der Waals surface area contributed by atoms with E-state index in [9.17, 15) is 4.79 Å². The van der Waals surface area contributed by atoms with E-state index in [1.807, 2.05) is 18.2 Å². The molecule has 20 heavy (non-hydrogen) atoms. The number of hydrogen-bond acceptors (Lipinski definition) is 3. The molecule has 1 fully saturated rings. The van der Waals surface area contributed by atoms with Crippen molar-refractivity contribution in [2.24, 2.45) is 5.73 Å². The summed E-state index contributed by atoms with van der Waals surface area (Å²) in [6.45, 7) is 3.48. The average Bonchev–Trinajstić information content (AvgIpc) is 2.46. The average molecular weight is 276 g/mol. The monoisotopic (exact) mass is 276 g/mol. The van der Waals surface area contributed by atoms with Crippen LogP contribution in [0.15, 0.2) is 30.3 Å². The highest BCUT2D eigenvalue weighted by molar-refractivity contribution is 5.82. The molecule has 2 rings (SSSR count). The van der Waals surface area contributed by atoms with Gasteiger partial charge >= 0.3 is 0 Å². The third-order valence-corrected chi connectivity index (χ3v) is 3.94. The predicted octanol–water partition coefficient (Wildman–Crippen LogP) is 1.63. The van der Waals surface area contributed by atoms with Crippen molar-refractivity contribution >= 4 is 5.91 Å². The van der Waals surface area contributed by atoms with Gasteiger partial charge in [0.2, 0.25) is 5.91 Å². The predicted molar refractivity (Wildman–Crippen MR) is 79.3 cm³/mol. The van der Waals surface area contributed by atoms with E-state index < -0.39 is 6.04 Å². The summed E-state index contributed by atoms with van der Waals surface area (Å²) in [6.07, 6.45) is 3.20. The van der Waals surface area contributed by atoms with E-state index in [-0.39, 0.29) is 11.4 Å². The number of hydrogen-bond donors (Lipinski definition) is 2. The van der Waals surface area contributed by atoms with Crippen molar-refractivity contribution in [3.63, 3.8) is 0 Å². The van der Waals surface area contributed by atoms with E-state index in [2.05, 4.69) is 24.4 Å². The molecule has 0 bridgehead atoms. The van der Waals surface area contributed by atoms with Gasteiger partial charge < -0.3 is 15.8 Å². The van der Waals surface area contributed by atoms with Gasteiger partial charge in [0, 0.05) is 18.8 Å². The lowest BCUT2D eigenvalue weighted by atomic mass is 9.92. The van der Waals surface area contributed by atoms with Crippen LogP contribution in [0, 0.1) is 0 Å². The van der Waals surface area contributed by atoms with Gasteiger partial charge in [-0.25, -0.2) is 0 Å². The molecule has 0 radical (unpaired) electrons. The Hall–Kier alpha value is -1.39. The summed E-state index contributed by atoms with van der Waals surface area (Å²) in [6, 6.07) is 9.67. The highest BCUT2D eigenvalue weighted by Gasteiger charge is 2.30. The Labute approximate surface area is 120 Å². The highest BCUT2D eigenvalue weighted by atomic mass is 16.5. The number of nitrogens with two attached hydrogens (primary N) is 1. The number of amides is 1. The minimum atomic E-state index is -0.449. The van der Waals surface area contributed by atoms with Crippen molar-refractivity contribution in [3.8, 4) is 0 Å². The molecule has 4 nitrogen and oxygen atoms in total. The molecule has 0 aliphatic carbocycles. The molecule has 1 aliphatic rings. The first-order valence-electron chi connectivity index (χ1n) is 7.28. The molecular weight excluding hydrogens is 252 g/mol. The van der Waals surface area contributed by atoms with Crippen LogP contribution in [0.25, 0.3) is 0 Å². The Bertz CT molecular complexity index is 427. The van der Waals surface area contributed by atoms with Gasteiger partial charge in [0.05, 0.1) is 6.04 Å². The van der Waals surface area contributed by atoms with Crippen molar-refractivity contribution in [1.29, 1.82) is 0 Å². The van der Waals surface area contributed by atoms with E-state index in [0.29, 0.717) is 19.6 Å². The highest BCUT2D eigenvalue weighted by Crippen LogP contribution is 2.19. The Morgan fingerprint density at radius 1 is 1.35 bits per heavy atom. The fourth-order valence-corrected chi connectivity index (χ4v) is 2.43. The van der Waals surface area contributed by atoms with Gasteiger partial charge in [-0.2, -0.15) is 0 Å². The summed E-state index contributed by atoms with van der Waals surface area (Å²) in [4.78, 5) is 12.2. The molecule has 0 saturated carbocycles. The van der Waals surface area contributed by atoms with Crippen LogP contribution in [-0.2, 0) is 16.0 Å². The lowest BCUT2D eigenvalue weighted by molar-refractivity contribution is -0.125. The molecule has 1 aromatic rings. The van der Waals surface area contributed by atoms with Crippen molar-refractivity contribution < 1.29 is 9.53 Å². The summed E-state index contributed by atoms with van der Waals surface area (Å²) in [5, 5.41) is 3.09. The Kier molecular flexibility index (Phi) is 5.15. The first-order chi connectivity index (χ1) is 9.59. The maximum Gasteiger partial charge on any atom is 0.237 e. The van der Waals surface area contributed by atoms with Crippen LogP contribution in [0.5, 0.6) is 0 Å². The molecule has 110 valence electrons. The fourth-order valence-electron chi connectivity index (χ4n) is 2.43. The topological polar surface area (TPSA) is 64.4 Å². The summed E-state index contributed by atoms with van der Waals surface area (Å²) >= 11 is 0. The van der Waals surface area contributed by atoms with Gasteiger partial charge in [0.15, 0.2) is 0 Å². The zero-order chi connectivity index (χ0) is 14.4. The summed E-state index contributed by atoms with van der Waals surface area (Å²) in [5.41, 5.74) is 7.05. The van der Waals surface area contributed by atoms with Crippen molar-refractivity contribution in [2.75, 3.05) is 13.2 Å². The standard InChI is InChI=1S/C16H24N2O2/c1-16(9-11-20-12-10-16)18-15(19)14(17)8-7-13-5-3-2-4-6-13/h2-6,14H,7-12,17H2,1H3,(H,18,19)/t14-/m0/s1. The maximum absolute atomic E-state index is 12.2. The van der Waals surface area contributed by atoms with Crippen molar-refractivity contribution in [1.82, 2.24) is 5.32 Å². The van der Waals surface area contributed by atoms with Crippen LogP contribution in [0.4, 0.5) is 0 Å². The first kappa shape index (κ1) is 15.0. The number of nitrogens with one attached hydrogen (secondary N) is 1. The number of ether oxygens (including phenoxy) is 1.